The summed E-state index contributed by atoms with van der Waals surface area (Å²) in [6.07, 6.45) is 6.53. The summed E-state index contributed by atoms with van der Waals surface area (Å²) in [4.78, 5) is 0. The largest absolute Gasteiger partial charge is 0.0628 e. The monoisotopic (exact) mass is 197 g/mol. The normalized spacial score (nSPS) is 16.3. The molecule has 0 heterocycles. The van der Waals surface area contributed by atoms with E-state index in [0.717, 1.165) is 23.7 Å². The predicted molar refractivity (Wildman–Crippen MR) is 66.2 cm³/mol. The molecule has 2 unspecified atom stereocenters. The Kier molecular flexibility index (Phi) is 7.31. The molecule has 0 spiro atoms. The van der Waals surface area contributed by atoms with Crippen LogP contribution in [0.25, 0.3) is 0 Å². The summed E-state index contributed by atoms with van der Waals surface area (Å²) in [5.74, 6) is 3.34. The van der Waals surface area contributed by atoms with Crippen molar-refractivity contribution in [2.75, 3.05) is 0 Å². The van der Waals surface area contributed by atoms with Crippen LogP contribution in [0, 0.1) is 30.1 Å². The van der Waals surface area contributed by atoms with E-state index in [0.29, 0.717) is 0 Å². The van der Waals surface area contributed by atoms with Gasteiger partial charge in [-0.2, -0.15) is 0 Å². The Morgan fingerprint density at radius 2 is 1.29 bits per heavy atom. The van der Waals surface area contributed by atoms with Crippen LogP contribution in [0.4, 0.5) is 0 Å². The SMILES string of the molecule is CC(C)CC(C)[CH]CC(C)CC(C)C. The highest BCUT2D eigenvalue weighted by molar-refractivity contribution is 4.76. The first-order valence-corrected chi connectivity index (χ1v) is 6.25. The highest BCUT2D eigenvalue weighted by atomic mass is 14.1. The smallest absolute Gasteiger partial charge is 0.0355 e. The molecule has 14 heavy (non-hydrogen) atoms. The van der Waals surface area contributed by atoms with Crippen LogP contribution in [-0.2, 0) is 0 Å². The van der Waals surface area contributed by atoms with Crippen LogP contribution in [-0.4, -0.2) is 0 Å². The summed E-state index contributed by atoms with van der Waals surface area (Å²) in [6.45, 7) is 14.0. The van der Waals surface area contributed by atoms with Crippen molar-refractivity contribution in [1.82, 2.24) is 0 Å². The van der Waals surface area contributed by atoms with E-state index in [4.69, 9.17) is 0 Å². The zero-order chi connectivity index (χ0) is 11.1. The first-order valence-electron chi connectivity index (χ1n) is 6.25. The van der Waals surface area contributed by atoms with Gasteiger partial charge in [0.2, 0.25) is 0 Å². The summed E-state index contributed by atoms with van der Waals surface area (Å²) in [6, 6.07) is 0. The molecule has 0 aliphatic heterocycles. The molecule has 0 fully saturated rings. The highest BCUT2D eigenvalue weighted by Crippen LogP contribution is 2.21. The van der Waals surface area contributed by atoms with Gasteiger partial charge in [0.1, 0.15) is 0 Å². The minimum atomic E-state index is 0.796. The lowest BCUT2D eigenvalue weighted by Crippen LogP contribution is -2.06. The minimum absolute atomic E-state index is 0.796. The molecule has 0 aromatic rings. The quantitative estimate of drug-likeness (QED) is 0.542. The Bertz CT molecular complexity index is 108. The average Bonchev–Trinajstić information content (AvgIpc) is 1.98. The summed E-state index contributed by atoms with van der Waals surface area (Å²) in [5, 5.41) is 0. The Balaban J connectivity index is 3.50. The molecular formula is C14H29. The van der Waals surface area contributed by atoms with Gasteiger partial charge in [0.05, 0.1) is 0 Å². The first-order chi connectivity index (χ1) is 6.41. The Hall–Kier alpha value is 0. The topological polar surface area (TPSA) is 0 Å². The third kappa shape index (κ3) is 8.59. The van der Waals surface area contributed by atoms with Crippen LogP contribution in [0.1, 0.15) is 60.8 Å². The fraction of sp³-hybridized carbons (Fsp3) is 0.929. The molecule has 1 radical (unpaired) electrons. The van der Waals surface area contributed by atoms with Gasteiger partial charge in [-0.25, -0.2) is 0 Å². The molecular weight excluding hydrogens is 168 g/mol. The van der Waals surface area contributed by atoms with Crippen molar-refractivity contribution in [3.05, 3.63) is 6.42 Å². The van der Waals surface area contributed by atoms with Crippen molar-refractivity contribution >= 4 is 0 Å². The summed E-state index contributed by atoms with van der Waals surface area (Å²) < 4.78 is 0. The van der Waals surface area contributed by atoms with Gasteiger partial charge < -0.3 is 0 Å². The van der Waals surface area contributed by atoms with Crippen molar-refractivity contribution in [2.24, 2.45) is 23.7 Å². The van der Waals surface area contributed by atoms with E-state index in [9.17, 15) is 0 Å². The number of rotatable bonds is 7. The number of hydrogen-bond acceptors (Lipinski definition) is 0. The number of hydrogen-bond donors (Lipinski definition) is 0. The third-order valence-corrected chi connectivity index (χ3v) is 2.66. The van der Waals surface area contributed by atoms with Crippen LogP contribution in [0.15, 0.2) is 0 Å². The van der Waals surface area contributed by atoms with Gasteiger partial charge in [-0.05, 0) is 49.4 Å². The molecule has 0 aromatic carbocycles. The molecule has 0 amide bonds. The zero-order valence-corrected chi connectivity index (χ0v) is 11.0. The Morgan fingerprint density at radius 3 is 1.71 bits per heavy atom. The van der Waals surface area contributed by atoms with E-state index < -0.39 is 0 Å². The first kappa shape index (κ1) is 14.0. The van der Waals surface area contributed by atoms with Crippen molar-refractivity contribution < 1.29 is 0 Å². The lowest BCUT2D eigenvalue weighted by molar-refractivity contribution is 0.401. The second-order valence-electron chi connectivity index (χ2n) is 5.81. The maximum Gasteiger partial charge on any atom is -0.0355 e. The molecule has 0 N–H and O–H groups in total. The Labute approximate surface area is 91.5 Å². The molecule has 0 nitrogen and oxygen atoms in total. The van der Waals surface area contributed by atoms with Crippen LogP contribution in [0.3, 0.4) is 0 Å². The molecule has 0 aliphatic carbocycles. The van der Waals surface area contributed by atoms with Gasteiger partial charge >= 0.3 is 0 Å². The van der Waals surface area contributed by atoms with E-state index in [1.165, 1.54) is 19.3 Å². The molecule has 0 rings (SSSR count). The molecule has 0 saturated heterocycles. The van der Waals surface area contributed by atoms with Crippen molar-refractivity contribution in [2.45, 2.75) is 60.8 Å². The van der Waals surface area contributed by atoms with E-state index in [1.54, 1.807) is 0 Å². The Morgan fingerprint density at radius 1 is 0.786 bits per heavy atom. The van der Waals surface area contributed by atoms with E-state index in [1.807, 2.05) is 0 Å². The highest BCUT2D eigenvalue weighted by Gasteiger charge is 2.09. The molecule has 0 bridgehead atoms. The fourth-order valence-electron chi connectivity index (χ4n) is 2.21. The predicted octanol–water partition coefficient (Wildman–Crippen LogP) is 4.95. The van der Waals surface area contributed by atoms with Crippen molar-refractivity contribution in [3.8, 4) is 0 Å². The summed E-state index contributed by atoms with van der Waals surface area (Å²) in [5.41, 5.74) is 0. The zero-order valence-electron chi connectivity index (χ0n) is 11.0. The van der Waals surface area contributed by atoms with Gasteiger partial charge in [0.15, 0.2) is 0 Å². The van der Waals surface area contributed by atoms with E-state index in [2.05, 4.69) is 48.0 Å². The standard InChI is InChI=1S/C14H29/c1-11(2)9-13(5)7-8-14(6)10-12(3)4/h7,11-14H,8-10H2,1-6H3. The van der Waals surface area contributed by atoms with Crippen LogP contribution >= 0.6 is 0 Å². The second kappa shape index (κ2) is 7.31. The molecule has 0 aromatic heterocycles. The van der Waals surface area contributed by atoms with E-state index >= 15 is 0 Å². The van der Waals surface area contributed by atoms with Gasteiger partial charge in [0, 0.05) is 0 Å². The second-order valence-corrected chi connectivity index (χ2v) is 5.81. The molecule has 2 atom stereocenters. The minimum Gasteiger partial charge on any atom is -0.0628 e. The third-order valence-electron chi connectivity index (χ3n) is 2.66. The molecule has 85 valence electrons. The van der Waals surface area contributed by atoms with E-state index in [-0.39, 0.29) is 0 Å². The molecule has 0 heteroatoms. The lowest BCUT2D eigenvalue weighted by Gasteiger charge is -2.18. The van der Waals surface area contributed by atoms with Crippen LogP contribution in [0.5, 0.6) is 0 Å². The van der Waals surface area contributed by atoms with Gasteiger partial charge in [-0.1, -0.05) is 41.5 Å². The molecule has 0 aliphatic rings. The van der Waals surface area contributed by atoms with Crippen molar-refractivity contribution in [1.29, 1.82) is 0 Å². The molecule has 0 saturated carbocycles. The van der Waals surface area contributed by atoms with Gasteiger partial charge in [0.25, 0.3) is 0 Å². The lowest BCUT2D eigenvalue weighted by atomic mass is 9.88. The fourth-order valence-corrected chi connectivity index (χ4v) is 2.21. The average molecular weight is 197 g/mol. The van der Waals surface area contributed by atoms with Gasteiger partial charge in [-0.15, -0.1) is 0 Å². The van der Waals surface area contributed by atoms with Crippen LogP contribution in [0.2, 0.25) is 0 Å². The summed E-state index contributed by atoms with van der Waals surface area (Å²) in [7, 11) is 0. The van der Waals surface area contributed by atoms with Crippen molar-refractivity contribution in [3.63, 3.8) is 0 Å². The summed E-state index contributed by atoms with van der Waals surface area (Å²) >= 11 is 0. The van der Waals surface area contributed by atoms with Crippen LogP contribution < -0.4 is 0 Å². The maximum atomic E-state index is 2.52. The van der Waals surface area contributed by atoms with Gasteiger partial charge in [-0.3, -0.25) is 0 Å². The maximum absolute atomic E-state index is 2.52.